The molecule has 2 atom stereocenters. The predicted molar refractivity (Wildman–Crippen MR) is 119 cm³/mol. The highest BCUT2D eigenvalue weighted by Crippen LogP contribution is 2.44. The molecule has 1 heterocycles. The third kappa shape index (κ3) is 5.00. The molecule has 0 bridgehead atoms. The van der Waals surface area contributed by atoms with E-state index in [2.05, 4.69) is 0 Å². The quantitative estimate of drug-likeness (QED) is 0.400. The number of hydrogen-bond donors (Lipinski definition) is 0. The molecule has 0 saturated carbocycles. The molecule has 0 aromatic heterocycles. The Hall–Kier alpha value is -2.77. The maximum atomic E-state index is 13.2. The Morgan fingerprint density at radius 1 is 1.03 bits per heavy atom. The second-order valence-corrected chi connectivity index (χ2v) is 8.53. The third-order valence-corrected chi connectivity index (χ3v) is 6.16. The number of benzene rings is 1. The first kappa shape index (κ1) is 25.5. The van der Waals surface area contributed by atoms with Gasteiger partial charge in [0, 0.05) is 17.9 Å². The van der Waals surface area contributed by atoms with Gasteiger partial charge in [0.05, 0.1) is 27.9 Å². The van der Waals surface area contributed by atoms with Gasteiger partial charge in [-0.3, -0.25) is 9.59 Å². The molecule has 1 amide bonds. The molecule has 1 fully saturated rings. The minimum atomic E-state index is -0.909. The minimum absolute atomic E-state index is 0.244. The van der Waals surface area contributed by atoms with E-state index < -0.39 is 29.1 Å². The lowest BCUT2D eigenvalue weighted by Gasteiger charge is -2.29. The Labute approximate surface area is 190 Å². The van der Waals surface area contributed by atoms with Crippen molar-refractivity contribution in [2.24, 2.45) is 5.41 Å². The number of esters is 1. The summed E-state index contributed by atoms with van der Waals surface area (Å²) < 4.78 is 21.7. The van der Waals surface area contributed by atoms with Gasteiger partial charge in [-0.1, -0.05) is 27.7 Å². The van der Waals surface area contributed by atoms with Crippen LogP contribution in [-0.4, -0.2) is 63.1 Å². The maximum Gasteiger partial charge on any atom is 0.329 e. The third-order valence-electron chi connectivity index (χ3n) is 6.16. The van der Waals surface area contributed by atoms with Crippen LogP contribution in [0.4, 0.5) is 0 Å². The molecule has 178 valence electrons. The summed E-state index contributed by atoms with van der Waals surface area (Å²) in [5, 5.41) is 0. The van der Waals surface area contributed by atoms with Crippen molar-refractivity contribution in [1.29, 1.82) is 0 Å². The molecule has 1 unspecified atom stereocenters. The lowest BCUT2D eigenvalue weighted by molar-refractivity contribution is -0.157. The molecule has 1 saturated heterocycles. The van der Waals surface area contributed by atoms with Gasteiger partial charge in [-0.15, -0.1) is 0 Å². The van der Waals surface area contributed by atoms with Crippen molar-refractivity contribution in [3.05, 3.63) is 17.7 Å². The van der Waals surface area contributed by atoms with Gasteiger partial charge in [-0.05, 0) is 37.0 Å². The zero-order valence-corrected chi connectivity index (χ0v) is 20.1. The molecule has 1 aromatic carbocycles. The summed E-state index contributed by atoms with van der Waals surface area (Å²) in [5.41, 5.74) is -0.0602. The fourth-order valence-electron chi connectivity index (χ4n) is 3.84. The summed E-state index contributed by atoms with van der Waals surface area (Å²) in [5.74, 6) is -0.696. The molecular formula is C24H35NO7. The Balaban J connectivity index is 2.50. The van der Waals surface area contributed by atoms with Gasteiger partial charge in [-0.25, -0.2) is 4.79 Å². The number of carbonyl (C=O) groups excluding carboxylic acids is 3. The van der Waals surface area contributed by atoms with Crippen LogP contribution in [0, 0.1) is 5.41 Å². The predicted octanol–water partition coefficient (Wildman–Crippen LogP) is 3.36. The van der Waals surface area contributed by atoms with Gasteiger partial charge in [-0.2, -0.15) is 0 Å². The topological polar surface area (TPSA) is 91.4 Å². The first-order chi connectivity index (χ1) is 15.2. The summed E-state index contributed by atoms with van der Waals surface area (Å²) in [7, 11) is 4.55. The zero-order valence-electron chi connectivity index (χ0n) is 20.1. The van der Waals surface area contributed by atoms with E-state index in [0.717, 1.165) is 5.56 Å². The minimum Gasteiger partial charge on any atom is -0.493 e. The van der Waals surface area contributed by atoms with Crippen molar-refractivity contribution in [3.8, 4) is 17.2 Å². The lowest BCUT2D eigenvalue weighted by Crippen LogP contribution is -2.49. The van der Waals surface area contributed by atoms with E-state index in [1.54, 1.807) is 26.0 Å². The molecule has 0 N–H and O–H groups in total. The molecule has 0 radical (unpaired) electrons. The highest BCUT2D eigenvalue weighted by atomic mass is 16.5. The number of hydrogen-bond acceptors (Lipinski definition) is 7. The normalized spacial score (nSPS) is 18.3. The molecule has 1 aliphatic rings. The van der Waals surface area contributed by atoms with Crippen LogP contribution in [0.15, 0.2) is 12.1 Å². The van der Waals surface area contributed by atoms with Crippen LogP contribution in [0.5, 0.6) is 17.2 Å². The van der Waals surface area contributed by atoms with Crippen LogP contribution in [0.1, 0.15) is 58.4 Å². The summed E-state index contributed by atoms with van der Waals surface area (Å²) >= 11 is 0. The van der Waals surface area contributed by atoms with Crippen molar-refractivity contribution in [2.75, 3.05) is 34.5 Å². The SMILES string of the molecule is CCCOC(=O)[C@@H]1C(c2cc(OC)c(OC)c(OC)c2)CCN1C(=O)C(=O)C(C)(C)CC. The van der Waals surface area contributed by atoms with Gasteiger partial charge < -0.3 is 23.8 Å². The largest absolute Gasteiger partial charge is 0.493 e. The van der Waals surface area contributed by atoms with E-state index in [9.17, 15) is 14.4 Å². The van der Waals surface area contributed by atoms with Gasteiger partial charge in [0.25, 0.3) is 5.91 Å². The number of amides is 1. The monoisotopic (exact) mass is 449 g/mol. The summed E-state index contributed by atoms with van der Waals surface area (Å²) in [6.45, 7) is 7.76. The molecular weight excluding hydrogens is 414 g/mol. The Kier molecular flexibility index (Phi) is 8.52. The summed E-state index contributed by atoms with van der Waals surface area (Å²) in [4.78, 5) is 40.5. The van der Waals surface area contributed by atoms with Gasteiger partial charge in [0.1, 0.15) is 6.04 Å². The van der Waals surface area contributed by atoms with E-state index >= 15 is 0 Å². The highest BCUT2D eigenvalue weighted by molar-refractivity contribution is 6.38. The molecule has 1 aromatic rings. The van der Waals surface area contributed by atoms with E-state index in [4.69, 9.17) is 18.9 Å². The number of methoxy groups -OCH3 is 3. The molecule has 8 nitrogen and oxygen atoms in total. The number of ketones is 1. The fourth-order valence-corrected chi connectivity index (χ4v) is 3.84. The van der Waals surface area contributed by atoms with Crippen molar-refractivity contribution >= 4 is 17.7 Å². The van der Waals surface area contributed by atoms with Crippen LogP contribution in [0.3, 0.4) is 0 Å². The number of Topliss-reactive ketones (excluding diaryl/α,β-unsaturated/α-hetero) is 1. The molecule has 2 rings (SSSR count). The van der Waals surface area contributed by atoms with E-state index in [1.165, 1.54) is 26.2 Å². The van der Waals surface area contributed by atoms with Gasteiger partial charge in [0.15, 0.2) is 11.5 Å². The van der Waals surface area contributed by atoms with Crippen LogP contribution >= 0.6 is 0 Å². The summed E-state index contributed by atoms with van der Waals surface area (Å²) in [6.07, 6.45) is 1.67. The van der Waals surface area contributed by atoms with Crippen LogP contribution < -0.4 is 14.2 Å². The molecule has 1 aliphatic heterocycles. The Morgan fingerprint density at radius 2 is 1.62 bits per heavy atom. The Morgan fingerprint density at radius 3 is 2.09 bits per heavy atom. The number of carbonyl (C=O) groups is 3. The molecule has 0 spiro atoms. The van der Waals surface area contributed by atoms with Gasteiger partial charge in [0.2, 0.25) is 11.5 Å². The number of rotatable bonds is 10. The van der Waals surface area contributed by atoms with Crippen molar-refractivity contribution in [1.82, 2.24) is 4.90 Å². The average Bonchev–Trinajstić information content (AvgIpc) is 3.25. The lowest BCUT2D eigenvalue weighted by atomic mass is 9.84. The number of likely N-dealkylation sites (tertiary alicyclic amines) is 1. The molecule has 32 heavy (non-hydrogen) atoms. The molecule has 8 heteroatoms. The zero-order chi connectivity index (χ0) is 24.1. The Bertz CT molecular complexity index is 824. The molecule has 0 aliphatic carbocycles. The van der Waals surface area contributed by atoms with E-state index in [0.29, 0.717) is 36.5 Å². The smallest absolute Gasteiger partial charge is 0.329 e. The number of nitrogens with zero attached hydrogens (tertiary/aromatic N) is 1. The highest BCUT2D eigenvalue weighted by Gasteiger charge is 2.47. The van der Waals surface area contributed by atoms with Crippen LogP contribution in [0.2, 0.25) is 0 Å². The maximum absolute atomic E-state index is 13.2. The van der Waals surface area contributed by atoms with E-state index in [1.807, 2.05) is 13.8 Å². The van der Waals surface area contributed by atoms with Crippen molar-refractivity contribution in [2.45, 2.75) is 58.9 Å². The second kappa shape index (κ2) is 10.7. The van der Waals surface area contributed by atoms with E-state index in [-0.39, 0.29) is 19.1 Å². The first-order valence-corrected chi connectivity index (χ1v) is 11.0. The number of ether oxygens (including phenoxy) is 4. The van der Waals surface area contributed by atoms with Crippen molar-refractivity contribution < 1.29 is 33.3 Å². The first-order valence-electron chi connectivity index (χ1n) is 11.0. The average molecular weight is 450 g/mol. The van der Waals surface area contributed by atoms with Crippen molar-refractivity contribution in [3.63, 3.8) is 0 Å². The van der Waals surface area contributed by atoms with Gasteiger partial charge >= 0.3 is 5.97 Å². The standard InChI is InChI=1S/C24H35NO7/c1-8-12-32-23(28)19-16(10-11-25(19)22(27)21(26)24(3,4)9-2)15-13-17(29-5)20(31-7)18(14-15)30-6/h13-14,16,19H,8-12H2,1-7H3/t16?,19-/m0/s1. The van der Waals surface area contributed by atoms with Crippen LogP contribution in [0.25, 0.3) is 0 Å². The second-order valence-electron chi connectivity index (χ2n) is 8.53. The summed E-state index contributed by atoms with van der Waals surface area (Å²) in [6, 6.07) is 2.64. The van der Waals surface area contributed by atoms with Crippen LogP contribution in [-0.2, 0) is 19.1 Å². The fraction of sp³-hybridized carbons (Fsp3) is 0.625.